The highest BCUT2D eigenvalue weighted by atomic mass is 19.1. The largest absolute Gasteiger partial charge is 0.468 e. The van der Waals surface area contributed by atoms with Gasteiger partial charge in [-0.2, -0.15) is 0 Å². The molecule has 1 aliphatic heterocycles. The highest BCUT2D eigenvalue weighted by Crippen LogP contribution is 2.52. The molecule has 1 heterocycles. The summed E-state index contributed by atoms with van der Waals surface area (Å²) in [5.41, 5.74) is 0.813. The van der Waals surface area contributed by atoms with Crippen LogP contribution in [-0.2, 0) is 19.1 Å². The van der Waals surface area contributed by atoms with Gasteiger partial charge in [0.15, 0.2) is 0 Å². The van der Waals surface area contributed by atoms with E-state index in [9.17, 15) is 14.0 Å². The highest BCUT2D eigenvalue weighted by Gasteiger charge is 2.63. The maximum Gasteiger partial charge on any atom is 0.329 e. The Hall–Kier alpha value is -2.47. The second-order valence-corrected chi connectivity index (χ2v) is 7.58. The summed E-state index contributed by atoms with van der Waals surface area (Å²) in [5.74, 6) is -1.66. The van der Waals surface area contributed by atoms with Gasteiger partial charge in [-0.05, 0) is 62.9 Å². The first kappa shape index (κ1) is 21.2. The zero-order valence-electron chi connectivity index (χ0n) is 17.2. The van der Waals surface area contributed by atoms with Gasteiger partial charge in [0.2, 0.25) is 5.41 Å². The van der Waals surface area contributed by atoms with Gasteiger partial charge in [0.1, 0.15) is 5.82 Å². The molecule has 156 valence electrons. The SMILES string of the molecule is CCOC(=O)[C@@]1(C(=O)OC)/C(=C/C2=CCCCC2)CN(C)[C@@H]1c1ccc(F)cc1. The molecule has 29 heavy (non-hydrogen) atoms. The topological polar surface area (TPSA) is 55.8 Å². The van der Waals surface area contributed by atoms with Gasteiger partial charge in [-0.15, -0.1) is 0 Å². The monoisotopic (exact) mass is 401 g/mol. The van der Waals surface area contributed by atoms with Crippen molar-refractivity contribution >= 4 is 11.9 Å². The molecule has 0 spiro atoms. The van der Waals surface area contributed by atoms with E-state index in [2.05, 4.69) is 6.08 Å². The molecule has 0 unspecified atom stereocenters. The number of methoxy groups -OCH3 is 1. The summed E-state index contributed by atoms with van der Waals surface area (Å²) in [7, 11) is 3.13. The fraction of sp³-hybridized carbons (Fsp3) is 0.478. The number of benzene rings is 1. The first-order valence-electron chi connectivity index (χ1n) is 10.1. The minimum Gasteiger partial charge on any atom is -0.468 e. The van der Waals surface area contributed by atoms with Gasteiger partial charge in [-0.1, -0.05) is 29.9 Å². The van der Waals surface area contributed by atoms with E-state index in [-0.39, 0.29) is 12.4 Å². The summed E-state index contributed by atoms with van der Waals surface area (Å²) in [4.78, 5) is 28.5. The molecule has 0 N–H and O–H groups in total. The van der Waals surface area contributed by atoms with Gasteiger partial charge >= 0.3 is 11.9 Å². The number of likely N-dealkylation sites (tertiary alicyclic amines) is 1. The van der Waals surface area contributed by atoms with Crippen LogP contribution in [0.4, 0.5) is 4.39 Å². The van der Waals surface area contributed by atoms with E-state index < -0.39 is 23.4 Å². The molecule has 1 saturated heterocycles. The zero-order chi connectivity index (χ0) is 21.0. The number of rotatable bonds is 5. The molecule has 0 radical (unpaired) electrons. The predicted octanol–water partition coefficient (Wildman–Crippen LogP) is 3.96. The van der Waals surface area contributed by atoms with Crippen LogP contribution >= 0.6 is 0 Å². The average molecular weight is 401 g/mol. The normalized spacial score (nSPS) is 26.3. The van der Waals surface area contributed by atoms with Crippen LogP contribution < -0.4 is 0 Å². The first-order valence-corrected chi connectivity index (χ1v) is 10.1. The molecular formula is C23H28FNO4. The maximum atomic E-state index is 13.5. The van der Waals surface area contributed by atoms with Crippen LogP contribution in [0.2, 0.25) is 0 Å². The van der Waals surface area contributed by atoms with Gasteiger partial charge in [-0.25, -0.2) is 4.39 Å². The standard InChI is InChI=1S/C23H28FNO4/c1-4-29-22(27)23(21(26)28-3)18(14-16-8-6-5-7-9-16)15-25(2)20(23)17-10-12-19(24)13-11-17/h8,10-14,20H,4-7,9,15H2,1-3H3/b18-14+/t20-,23+/m1/s1. The van der Waals surface area contributed by atoms with Gasteiger partial charge in [0.25, 0.3) is 0 Å². The number of carbonyl (C=O) groups excluding carboxylic acids is 2. The van der Waals surface area contributed by atoms with Crippen molar-refractivity contribution in [2.24, 2.45) is 5.41 Å². The summed E-state index contributed by atoms with van der Waals surface area (Å²) in [6.07, 6.45) is 8.25. The van der Waals surface area contributed by atoms with Crippen molar-refractivity contribution in [3.63, 3.8) is 0 Å². The molecule has 1 aliphatic carbocycles. The summed E-state index contributed by atoms with van der Waals surface area (Å²) < 4.78 is 24.1. The number of carbonyl (C=O) groups is 2. The Morgan fingerprint density at radius 3 is 2.55 bits per heavy atom. The number of likely N-dealkylation sites (N-methyl/N-ethyl adjacent to an activating group) is 1. The van der Waals surface area contributed by atoms with E-state index in [4.69, 9.17) is 9.47 Å². The van der Waals surface area contributed by atoms with Crippen molar-refractivity contribution in [2.75, 3.05) is 27.3 Å². The molecule has 2 aliphatic rings. The number of allylic oxidation sites excluding steroid dienone is 3. The zero-order valence-corrected chi connectivity index (χ0v) is 17.2. The lowest BCUT2D eigenvalue weighted by Crippen LogP contribution is -2.46. The van der Waals surface area contributed by atoms with Crippen LogP contribution in [0.3, 0.4) is 0 Å². The number of hydrogen-bond donors (Lipinski definition) is 0. The Morgan fingerprint density at radius 2 is 1.97 bits per heavy atom. The Kier molecular flexibility index (Phi) is 6.52. The lowest BCUT2D eigenvalue weighted by Gasteiger charge is -2.33. The highest BCUT2D eigenvalue weighted by molar-refractivity contribution is 6.05. The maximum absolute atomic E-state index is 13.5. The number of esters is 2. The molecule has 0 bridgehead atoms. The number of nitrogens with zero attached hydrogens (tertiary/aromatic N) is 1. The molecular weight excluding hydrogens is 373 g/mol. The molecule has 6 heteroatoms. The van der Waals surface area contributed by atoms with E-state index in [1.165, 1.54) is 19.2 Å². The minimum atomic E-state index is -1.63. The molecule has 0 aromatic heterocycles. The minimum absolute atomic E-state index is 0.146. The van der Waals surface area contributed by atoms with Crippen molar-refractivity contribution in [2.45, 2.75) is 38.6 Å². The van der Waals surface area contributed by atoms with Crippen LogP contribution in [0.25, 0.3) is 0 Å². The van der Waals surface area contributed by atoms with Crippen LogP contribution in [0.15, 0.2) is 47.6 Å². The second kappa shape index (κ2) is 8.91. The van der Waals surface area contributed by atoms with Gasteiger partial charge in [0, 0.05) is 6.54 Å². The average Bonchev–Trinajstić information content (AvgIpc) is 3.01. The van der Waals surface area contributed by atoms with Gasteiger partial charge in [0.05, 0.1) is 19.8 Å². The lowest BCUT2D eigenvalue weighted by molar-refractivity contribution is -0.169. The fourth-order valence-electron chi connectivity index (χ4n) is 4.49. The number of halogens is 1. The molecule has 2 atom stereocenters. The summed E-state index contributed by atoms with van der Waals surface area (Å²) in [6, 6.07) is 5.24. The molecule has 0 saturated carbocycles. The molecule has 5 nitrogen and oxygen atoms in total. The van der Waals surface area contributed by atoms with Gasteiger partial charge < -0.3 is 9.47 Å². The van der Waals surface area contributed by atoms with E-state index in [1.807, 2.05) is 18.0 Å². The Balaban J connectivity index is 2.21. The van der Waals surface area contributed by atoms with E-state index in [1.54, 1.807) is 19.1 Å². The fourth-order valence-corrected chi connectivity index (χ4v) is 4.49. The predicted molar refractivity (Wildman–Crippen MR) is 107 cm³/mol. The van der Waals surface area contributed by atoms with Crippen molar-refractivity contribution in [3.8, 4) is 0 Å². The first-order chi connectivity index (χ1) is 13.9. The lowest BCUT2D eigenvalue weighted by atomic mass is 9.73. The van der Waals surface area contributed by atoms with Crippen LogP contribution in [0.1, 0.15) is 44.2 Å². The Morgan fingerprint density at radius 1 is 1.24 bits per heavy atom. The quantitative estimate of drug-likeness (QED) is 0.552. The third-order valence-electron chi connectivity index (χ3n) is 5.75. The Bertz CT molecular complexity index is 830. The third-order valence-corrected chi connectivity index (χ3v) is 5.75. The second-order valence-electron chi connectivity index (χ2n) is 7.58. The van der Waals surface area contributed by atoms with Gasteiger partial charge in [-0.3, -0.25) is 14.5 Å². The summed E-state index contributed by atoms with van der Waals surface area (Å²) in [6.45, 7) is 2.27. The number of hydrogen-bond acceptors (Lipinski definition) is 5. The van der Waals surface area contributed by atoms with Crippen LogP contribution in [-0.4, -0.2) is 44.1 Å². The Labute approximate surface area is 171 Å². The van der Waals surface area contributed by atoms with Crippen molar-refractivity contribution in [1.29, 1.82) is 0 Å². The van der Waals surface area contributed by atoms with Crippen molar-refractivity contribution < 1.29 is 23.5 Å². The molecule has 1 aromatic rings. The summed E-state index contributed by atoms with van der Waals surface area (Å²) in [5, 5.41) is 0. The molecule has 3 rings (SSSR count). The number of ether oxygens (including phenoxy) is 2. The van der Waals surface area contributed by atoms with Crippen molar-refractivity contribution in [3.05, 3.63) is 58.9 Å². The van der Waals surface area contributed by atoms with E-state index >= 15 is 0 Å². The summed E-state index contributed by atoms with van der Waals surface area (Å²) >= 11 is 0. The third kappa shape index (κ3) is 3.86. The van der Waals surface area contributed by atoms with Crippen molar-refractivity contribution in [1.82, 2.24) is 4.90 Å². The smallest absolute Gasteiger partial charge is 0.329 e. The molecule has 1 aromatic carbocycles. The van der Waals surface area contributed by atoms with E-state index in [0.717, 1.165) is 31.3 Å². The molecule has 0 amide bonds. The van der Waals surface area contributed by atoms with Crippen LogP contribution in [0, 0.1) is 11.2 Å². The van der Waals surface area contributed by atoms with E-state index in [0.29, 0.717) is 17.7 Å². The van der Waals surface area contributed by atoms with Crippen LogP contribution in [0.5, 0.6) is 0 Å². The molecule has 1 fully saturated rings.